The fraction of sp³-hybridized carbons (Fsp3) is 0.409. The number of halogens is 1. The lowest BCUT2D eigenvalue weighted by atomic mass is 10.1. The van der Waals surface area contributed by atoms with E-state index in [1.807, 2.05) is 25.1 Å². The SMILES string of the molecule is Cc1ccc(N(CC(=O)N2CCN(Cc3ccc4c(c3)OCO4)CC2)S(C)(=O)=O)cc1Cl. The van der Waals surface area contributed by atoms with E-state index in [0.717, 1.165) is 39.7 Å². The number of rotatable bonds is 6. The molecule has 8 nitrogen and oxygen atoms in total. The topological polar surface area (TPSA) is 79.4 Å². The van der Waals surface area contributed by atoms with Crippen molar-refractivity contribution < 1.29 is 22.7 Å². The highest BCUT2D eigenvalue weighted by Gasteiger charge is 2.27. The van der Waals surface area contributed by atoms with Crippen LogP contribution < -0.4 is 13.8 Å². The second kappa shape index (κ2) is 9.17. The van der Waals surface area contributed by atoms with Crippen molar-refractivity contribution in [2.75, 3.05) is 50.1 Å². The summed E-state index contributed by atoms with van der Waals surface area (Å²) in [4.78, 5) is 16.9. The van der Waals surface area contributed by atoms with E-state index in [1.165, 1.54) is 0 Å². The molecule has 0 atom stereocenters. The summed E-state index contributed by atoms with van der Waals surface area (Å²) in [6.45, 7) is 5.07. The number of sulfonamides is 1. The van der Waals surface area contributed by atoms with Crippen LogP contribution in [-0.2, 0) is 21.4 Å². The highest BCUT2D eigenvalue weighted by molar-refractivity contribution is 7.92. The smallest absolute Gasteiger partial charge is 0.243 e. The quantitative estimate of drug-likeness (QED) is 0.633. The Hall–Kier alpha value is -2.49. The molecule has 1 fully saturated rings. The number of fused-ring (bicyclic) bond motifs is 1. The fourth-order valence-electron chi connectivity index (χ4n) is 3.81. The number of carbonyl (C=O) groups is 1. The minimum absolute atomic E-state index is 0.227. The Morgan fingerprint density at radius 1 is 1.06 bits per heavy atom. The Bertz CT molecular complexity index is 1120. The second-order valence-corrected chi connectivity index (χ2v) is 10.4. The molecule has 2 aromatic rings. The third-order valence-corrected chi connectivity index (χ3v) is 7.24. The number of hydrogen-bond acceptors (Lipinski definition) is 6. The Kier molecular flexibility index (Phi) is 6.50. The van der Waals surface area contributed by atoms with Crippen LogP contribution in [0.4, 0.5) is 5.69 Å². The standard InChI is InChI=1S/C22H26ClN3O5S/c1-16-3-5-18(12-19(16)23)26(32(2,28)29)14-22(27)25-9-7-24(8-10-25)13-17-4-6-20-21(11-17)31-15-30-20/h3-6,11-12H,7-10,13-15H2,1-2H3. The van der Waals surface area contributed by atoms with Gasteiger partial charge in [0.05, 0.1) is 11.9 Å². The van der Waals surface area contributed by atoms with Crippen molar-refractivity contribution in [1.82, 2.24) is 9.80 Å². The fourth-order valence-corrected chi connectivity index (χ4v) is 4.83. The van der Waals surface area contributed by atoms with Crippen LogP contribution in [-0.4, -0.2) is 69.9 Å². The Balaban J connectivity index is 1.36. The van der Waals surface area contributed by atoms with Crippen LogP contribution >= 0.6 is 11.6 Å². The van der Waals surface area contributed by atoms with Crippen LogP contribution in [0.1, 0.15) is 11.1 Å². The first-order valence-corrected chi connectivity index (χ1v) is 12.6. The van der Waals surface area contributed by atoms with Crippen molar-refractivity contribution in [2.45, 2.75) is 13.5 Å². The summed E-state index contributed by atoms with van der Waals surface area (Å²) in [6, 6.07) is 10.9. The lowest BCUT2D eigenvalue weighted by Crippen LogP contribution is -2.51. The van der Waals surface area contributed by atoms with Gasteiger partial charge in [-0.05, 0) is 42.3 Å². The predicted molar refractivity (Wildman–Crippen MR) is 123 cm³/mol. The van der Waals surface area contributed by atoms with Crippen LogP contribution in [0.25, 0.3) is 0 Å². The number of nitrogens with zero attached hydrogens (tertiary/aromatic N) is 3. The molecule has 0 aliphatic carbocycles. The zero-order chi connectivity index (χ0) is 22.9. The lowest BCUT2D eigenvalue weighted by Gasteiger charge is -2.36. The van der Waals surface area contributed by atoms with Gasteiger partial charge in [-0.3, -0.25) is 14.0 Å². The molecular formula is C22H26ClN3O5S. The van der Waals surface area contributed by atoms with E-state index >= 15 is 0 Å². The molecule has 2 heterocycles. The largest absolute Gasteiger partial charge is 0.454 e. The van der Waals surface area contributed by atoms with Crippen LogP contribution in [0.15, 0.2) is 36.4 Å². The number of carbonyl (C=O) groups excluding carboxylic acids is 1. The molecule has 10 heteroatoms. The number of aryl methyl sites for hydroxylation is 1. The summed E-state index contributed by atoms with van der Waals surface area (Å²) < 4.78 is 36.6. The molecule has 2 aliphatic rings. The summed E-state index contributed by atoms with van der Waals surface area (Å²) in [5.74, 6) is 1.29. The van der Waals surface area contributed by atoms with Gasteiger partial charge >= 0.3 is 0 Å². The van der Waals surface area contributed by atoms with E-state index in [2.05, 4.69) is 4.90 Å². The summed E-state index contributed by atoms with van der Waals surface area (Å²) in [7, 11) is -3.64. The highest BCUT2D eigenvalue weighted by Crippen LogP contribution is 2.33. The predicted octanol–water partition coefficient (Wildman–Crippen LogP) is 2.49. The van der Waals surface area contributed by atoms with Crippen LogP contribution in [0, 0.1) is 6.92 Å². The zero-order valence-electron chi connectivity index (χ0n) is 18.1. The van der Waals surface area contributed by atoms with Gasteiger partial charge in [-0.1, -0.05) is 23.7 Å². The summed E-state index contributed by atoms with van der Waals surface area (Å²) in [6.07, 6.45) is 1.09. The van der Waals surface area contributed by atoms with Crippen molar-refractivity contribution in [2.24, 2.45) is 0 Å². The van der Waals surface area contributed by atoms with Gasteiger partial charge in [0.15, 0.2) is 11.5 Å². The molecular weight excluding hydrogens is 454 g/mol. The van der Waals surface area contributed by atoms with Gasteiger partial charge in [0.1, 0.15) is 6.54 Å². The van der Waals surface area contributed by atoms with Crippen molar-refractivity contribution in [3.05, 3.63) is 52.5 Å². The molecule has 4 rings (SSSR count). The average Bonchev–Trinajstić information content (AvgIpc) is 3.21. The maximum atomic E-state index is 12.9. The van der Waals surface area contributed by atoms with Gasteiger partial charge in [-0.25, -0.2) is 8.42 Å². The Labute approximate surface area is 193 Å². The van der Waals surface area contributed by atoms with E-state index in [0.29, 0.717) is 36.9 Å². The third-order valence-electron chi connectivity index (χ3n) is 5.69. The van der Waals surface area contributed by atoms with E-state index in [9.17, 15) is 13.2 Å². The van der Waals surface area contributed by atoms with E-state index < -0.39 is 10.0 Å². The molecule has 0 unspecified atom stereocenters. The first-order valence-electron chi connectivity index (χ1n) is 10.3. The first-order chi connectivity index (χ1) is 15.2. The van der Waals surface area contributed by atoms with Gasteiger partial charge in [0.2, 0.25) is 22.7 Å². The molecule has 2 aliphatic heterocycles. The third kappa shape index (κ3) is 5.11. The minimum atomic E-state index is -3.64. The first kappa shape index (κ1) is 22.7. The minimum Gasteiger partial charge on any atom is -0.454 e. The van der Waals surface area contributed by atoms with Crippen molar-refractivity contribution in [3.63, 3.8) is 0 Å². The Morgan fingerprint density at radius 2 is 1.78 bits per heavy atom. The van der Waals surface area contributed by atoms with Gasteiger partial charge in [-0.15, -0.1) is 0 Å². The van der Waals surface area contributed by atoms with Gasteiger partial charge in [-0.2, -0.15) is 0 Å². The average molecular weight is 480 g/mol. The van der Waals surface area contributed by atoms with Gasteiger partial charge in [0, 0.05) is 37.7 Å². The molecule has 0 saturated carbocycles. The lowest BCUT2D eigenvalue weighted by molar-refractivity contribution is -0.131. The van der Waals surface area contributed by atoms with E-state index in [4.69, 9.17) is 21.1 Å². The second-order valence-electron chi connectivity index (χ2n) is 8.05. The summed E-state index contributed by atoms with van der Waals surface area (Å²) in [5.41, 5.74) is 2.35. The number of anilines is 1. The highest BCUT2D eigenvalue weighted by atomic mass is 35.5. The van der Waals surface area contributed by atoms with Crippen molar-refractivity contribution in [3.8, 4) is 11.5 Å². The molecule has 0 N–H and O–H groups in total. The number of amides is 1. The molecule has 0 bridgehead atoms. The molecule has 1 amide bonds. The van der Waals surface area contributed by atoms with E-state index in [-0.39, 0.29) is 19.2 Å². The van der Waals surface area contributed by atoms with Gasteiger partial charge in [0.25, 0.3) is 0 Å². The van der Waals surface area contributed by atoms with Crippen LogP contribution in [0.5, 0.6) is 11.5 Å². The number of hydrogen-bond donors (Lipinski definition) is 0. The normalized spacial score (nSPS) is 16.3. The summed E-state index contributed by atoms with van der Waals surface area (Å²) >= 11 is 6.17. The molecule has 0 aromatic heterocycles. The van der Waals surface area contributed by atoms with Crippen LogP contribution in [0.2, 0.25) is 5.02 Å². The van der Waals surface area contributed by atoms with E-state index in [1.54, 1.807) is 23.1 Å². The van der Waals surface area contributed by atoms with Crippen LogP contribution in [0.3, 0.4) is 0 Å². The van der Waals surface area contributed by atoms with Crippen molar-refractivity contribution >= 4 is 33.2 Å². The molecule has 172 valence electrons. The molecule has 0 radical (unpaired) electrons. The maximum absolute atomic E-state index is 12.9. The number of benzene rings is 2. The zero-order valence-corrected chi connectivity index (χ0v) is 19.7. The molecule has 32 heavy (non-hydrogen) atoms. The number of ether oxygens (including phenoxy) is 2. The van der Waals surface area contributed by atoms with Gasteiger partial charge < -0.3 is 14.4 Å². The van der Waals surface area contributed by atoms with Crippen molar-refractivity contribution in [1.29, 1.82) is 0 Å². The molecule has 2 aromatic carbocycles. The summed E-state index contributed by atoms with van der Waals surface area (Å²) in [5, 5.41) is 0.459. The Morgan fingerprint density at radius 3 is 2.47 bits per heavy atom. The monoisotopic (exact) mass is 479 g/mol. The number of piperazine rings is 1. The maximum Gasteiger partial charge on any atom is 0.243 e. The molecule has 1 saturated heterocycles. The molecule has 0 spiro atoms.